The number of nitrogens with zero attached hydrogens (tertiary/aromatic N) is 1. The Kier molecular flexibility index (Phi) is 10.6. The van der Waals surface area contributed by atoms with Gasteiger partial charge in [0.05, 0.1) is 7.11 Å². The van der Waals surface area contributed by atoms with E-state index in [9.17, 15) is 9.59 Å². The molecular weight excluding hydrogens is 508 g/mol. The van der Waals surface area contributed by atoms with E-state index in [1.165, 1.54) is 12.0 Å². The minimum absolute atomic E-state index is 0.0209. The van der Waals surface area contributed by atoms with Gasteiger partial charge in [0.2, 0.25) is 11.8 Å². The Bertz CT molecular complexity index is 1260. The van der Waals surface area contributed by atoms with Crippen molar-refractivity contribution in [2.24, 2.45) is 0 Å². The van der Waals surface area contributed by atoms with Gasteiger partial charge in [0.15, 0.2) is 0 Å². The van der Waals surface area contributed by atoms with E-state index in [4.69, 9.17) is 4.74 Å². The number of benzene rings is 3. The molecule has 2 amide bonds. The molecule has 3 aromatic carbocycles. The number of aryl methyl sites for hydroxylation is 1. The third kappa shape index (κ3) is 8.94. The summed E-state index contributed by atoms with van der Waals surface area (Å²) in [6.45, 7) is 6.95. The summed E-state index contributed by atoms with van der Waals surface area (Å²) in [6.07, 6.45) is 6.91. The molecule has 1 N–H and O–H groups in total. The van der Waals surface area contributed by atoms with Crippen molar-refractivity contribution >= 4 is 11.8 Å². The third-order valence-corrected chi connectivity index (χ3v) is 8.16. The van der Waals surface area contributed by atoms with Crippen LogP contribution in [0.3, 0.4) is 0 Å². The van der Waals surface area contributed by atoms with Gasteiger partial charge < -0.3 is 15.0 Å². The second-order valence-electron chi connectivity index (χ2n) is 12.4. The number of hydrogen-bond donors (Lipinski definition) is 1. The zero-order chi connectivity index (χ0) is 29.2. The number of rotatable bonds is 11. The fourth-order valence-electron chi connectivity index (χ4n) is 5.63. The van der Waals surface area contributed by atoms with Crippen LogP contribution in [-0.2, 0) is 34.4 Å². The number of carbonyl (C=O) groups excluding carboxylic acids is 2. The summed E-state index contributed by atoms with van der Waals surface area (Å²) in [5.41, 5.74) is 4.46. The first-order valence-corrected chi connectivity index (χ1v) is 15.1. The largest absolute Gasteiger partial charge is 0.497 e. The van der Waals surface area contributed by atoms with Crippen LogP contribution in [0.25, 0.3) is 0 Å². The average molecular weight is 555 g/mol. The van der Waals surface area contributed by atoms with Crippen LogP contribution in [0.2, 0.25) is 0 Å². The molecule has 218 valence electrons. The Balaban J connectivity index is 1.60. The molecule has 0 bridgehead atoms. The zero-order valence-electron chi connectivity index (χ0n) is 25.2. The maximum atomic E-state index is 14.0. The lowest BCUT2D eigenvalue weighted by atomic mass is 9.86. The highest BCUT2D eigenvalue weighted by atomic mass is 16.5. The normalized spacial score (nSPS) is 14.7. The van der Waals surface area contributed by atoms with E-state index in [-0.39, 0.29) is 23.3 Å². The van der Waals surface area contributed by atoms with Gasteiger partial charge in [0, 0.05) is 25.4 Å². The smallest absolute Gasteiger partial charge is 0.243 e. The molecule has 1 fully saturated rings. The molecule has 0 aliphatic heterocycles. The molecule has 41 heavy (non-hydrogen) atoms. The van der Waals surface area contributed by atoms with E-state index in [2.05, 4.69) is 50.4 Å². The second kappa shape index (κ2) is 14.3. The molecule has 1 atom stereocenters. The molecule has 4 rings (SSSR count). The van der Waals surface area contributed by atoms with Gasteiger partial charge in [-0.2, -0.15) is 0 Å². The molecular formula is C36H46N2O3. The number of hydrogen-bond acceptors (Lipinski definition) is 3. The van der Waals surface area contributed by atoms with Crippen molar-refractivity contribution in [1.82, 2.24) is 10.2 Å². The summed E-state index contributed by atoms with van der Waals surface area (Å²) in [5.74, 6) is 0.652. The summed E-state index contributed by atoms with van der Waals surface area (Å²) < 4.78 is 5.46. The average Bonchev–Trinajstić information content (AvgIpc) is 2.98. The summed E-state index contributed by atoms with van der Waals surface area (Å²) >= 11 is 0. The summed E-state index contributed by atoms with van der Waals surface area (Å²) in [4.78, 5) is 29.8. The van der Waals surface area contributed by atoms with Crippen LogP contribution in [0.15, 0.2) is 78.9 Å². The molecule has 0 heterocycles. The fourth-order valence-corrected chi connectivity index (χ4v) is 5.63. The Morgan fingerprint density at radius 1 is 0.878 bits per heavy atom. The monoisotopic (exact) mass is 554 g/mol. The number of carbonyl (C=O) groups is 2. The number of nitrogens with one attached hydrogen (secondary N) is 1. The van der Waals surface area contributed by atoms with E-state index in [0.29, 0.717) is 25.8 Å². The highest BCUT2D eigenvalue weighted by molar-refractivity contribution is 5.88. The molecule has 0 radical (unpaired) electrons. The minimum atomic E-state index is -0.610. The molecule has 1 aliphatic rings. The maximum Gasteiger partial charge on any atom is 0.243 e. The van der Waals surface area contributed by atoms with E-state index in [0.717, 1.165) is 48.1 Å². The topological polar surface area (TPSA) is 58.6 Å². The Morgan fingerprint density at radius 2 is 1.56 bits per heavy atom. The Hall–Kier alpha value is -3.60. The Morgan fingerprint density at radius 3 is 2.22 bits per heavy atom. The van der Waals surface area contributed by atoms with Crippen molar-refractivity contribution in [2.45, 2.75) is 96.2 Å². The number of methoxy groups -OCH3 is 1. The lowest BCUT2D eigenvalue weighted by molar-refractivity contribution is -0.141. The van der Waals surface area contributed by atoms with Gasteiger partial charge in [0.1, 0.15) is 11.8 Å². The predicted molar refractivity (Wildman–Crippen MR) is 166 cm³/mol. The predicted octanol–water partition coefficient (Wildman–Crippen LogP) is 7.01. The second-order valence-corrected chi connectivity index (χ2v) is 12.4. The zero-order valence-corrected chi connectivity index (χ0v) is 25.2. The van der Waals surface area contributed by atoms with Crippen LogP contribution >= 0.6 is 0 Å². The standard InChI is InChI=1S/C36H46N2O3/c1-36(2,3)30-21-18-27(19-22-30)20-23-34(39)38(26-29-14-11-17-32(24-29)41-4)33(25-28-12-7-5-8-13-28)35(40)37-31-15-9-6-10-16-31/h5,7-8,11-14,17-19,21-22,24,31,33H,6,9-10,15-16,20,23,25-26H2,1-4H3,(H,37,40). The first-order chi connectivity index (χ1) is 19.7. The van der Waals surface area contributed by atoms with Crippen LogP contribution in [-0.4, -0.2) is 35.9 Å². The van der Waals surface area contributed by atoms with Crippen LogP contribution in [0.1, 0.15) is 81.5 Å². The van der Waals surface area contributed by atoms with E-state index >= 15 is 0 Å². The first kappa shape index (κ1) is 30.4. The lowest BCUT2D eigenvalue weighted by Gasteiger charge is -2.33. The summed E-state index contributed by atoms with van der Waals surface area (Å²) in [5, 5.41) is 3.32. The van der Waals surface area contributed by atoms with Crippen molar-refractivity contribution in [1.29, 1.82) is 0 Å². The summed E-state index contributed by atoms with van der Waals surface area (Å²) in [7, 11) is 1.64. The van der Waals surface area contributed by atoms with Gasteiger partial charge in [-0.15, -0.1) is 0 Å². The molecule has 0 saturated heterocycles. The molecule has 0 aromatic heterocycles. The van der Waals surface area contributed by atoms with Gasteiger partial charge >= 0.3 is 0 Å². The fraction of sp³-hybridized carbons (Fsp3) is 0.444. The highest BCUT2D eigenvalue weighted by Gasteiger charge is 2.32. The minimum Gasteiger partial charge on any atom is -0.497 e. The van der Waals surface area contributed by atoms with Crippen molar-refractivity contribution < 1.29 is 14.3 Å². The first-order valence-electron chi connectivity index (χ1n) is 15.1. The van der Waals surface area contributed by atoms with Crippen molar-refractivity contribution in [3.05, 3.63) is 101 Å². The van der Waals surface area contributed by atoms with E-state index < -0.39 is 6.04 Å². The van der Waals surface area contributed by atoms with E-state index in [1.807, 2.05) is 54.6 Å². The molecule has 0 spiro atoms. The summed E-state index contributed by atoms with van der Waals surface area (Å²) in [6, 6.07) is 25.9. The molecule has 1 saturated carbocycles. The van der Waals surface area contributed by atoms with Crippen LogP contribution in [0, 0.1) is 0 Å². The van der Waals surface area contributed by atoms with Gasteiger partial charge in [0.25, 0.3) is 0 Å². The molecule has 5 heteroatoms. The van der Waals surface area contributed by atoms with Crippen LogP contribution in [0.5, 0.6) is 5.75 Å². The third-order valence-electron chi connectivity index (χ3n) is 8.16. The van der Waals surface area contributed by atoms with Gasteiger partial charge in [-0.25, -0.2) is 0 Å². The SMILES string of the molecule is COc1cccc(CN(C(=O)CCc2ccc(C(C)(C)C)cc2)C(Cc2ccccc2)C(=O)NC2CCCCC2)c1. The Labute approximate surface area is 246 Å². The van der Waals surface area contributed by atoms with Crippen molar-refractivity contribution in [3.8, 4) is 5.75 Å². The van der Waals surface area contributed by atoms with Gasteiger partial charge in [-0.1, -0.05) is 107 Å². The molecule has 1 unspecified atom stereocenters. The maximum absolute atomic E-state index is 14.0. The number of ether oxygens (including phenoxy) is 1. The quantitative estimate of drug-likeness (QED) is 0.277. The number of amides is 2. The molecule has 5 nitrogen and oxygen atoms in total. The molecule has 1 aliphatic carbocycles. The lowest BCUT2D eigenvalue weighted by Crippen LogP contribution is -2.52. The van der Waals surface area contributed by atoms with Crippen molar-refractivity contribution in [2.75, 3.05) is 7.11 Å². The molecule has 3 aromatic rings. The van der Waals surface area contributed by atoms with Crippen LogP contribution < -0.4 is 10.1 Å². The van der Waals surface area contributed by atoms with Gasteiger partial charge in [-0.05, 0) is 59.1 Å². The van der Waals surface area contributed by atoms with E-state index in [1.54, 1.807) is 12.0 Å². The van der Waals surface area contributed by atoms with Crippen molar-refractivity contribution in [3.63, 3.8) is 0 Å². The van der Waals surface area contributed by atoms with Crippen LogP contribution in [0.4, 0.5) is 0 Å². The van der Waals surface area contributed by atoms with Gasteiger partial charge in [-0.3, -0.25) is 9.59 Å². The highest BCUT2D eigenvalue weighted by Crippen LogP contribution is 2.24.